The molecule has 5 heterocycles. The average Bonchev–Trinajstić information content (AvgIpc) is 4.10. The number of nitrogens with one attached hydrogen (secondary N) is 2. The molecule has 9 rings (SSSR count). The van der Waals surface area contributed by atoms with Crippen molar-refractivity contribution in [3.63, 3.8) is 0 Å². The van der Waals surface area contributed by atoms with E-state index in [1.54, 1.807) is 0 Å². The minimum absolute atomic E-state index is 0.225. The van der Waals surface area contributed by atoms with Gasteiger partial charge in [-0.2, -0.15) is 0 Å². The van der Waals surface area contributed by atoms with Crippen LogP contribution in [0.2, 0.25) is 0 Å². The number of para-hydroxylation sites is 1. The molecule has 0 spiro atoms. The van der Waals surface area contributed by atoms with Crippen LogP contribution in [-0.4, -0.2) is 39.1 Å². The summed E-state index contributed by atoms with van der Waals surface area (Å²) in [6.07, 6.45) is 9.18. The second kappa shape index (κ2) is 16.5. The van der Waals surface area contributed by atoms with E-state index in [0.29, 0.717) is 25.4 Å². The number of aryl methyl sites for hydroxylation is 3. The fourth-order valence-corrected chi connectivity index (χ4v) is 7.99. The minimum Gasteiger partial charge on any atom is -0.493 e. The number of hydrogen-bond donors (Lipinski definition) is 2. The topological polar surface area (TPSA) is 92.9 Å². The van der Waals surface area contributed by atoms with Crippen molar-refractivity contribution in [2.45, 2.75) is 40.5 Å². The van der Waals surface area contributed by atoms with E-state index in [2.05, 4.69) is 158 Å². The lowest BCUT2D eigenvalue weighted by molar-refractivity contribution is -0.143. The third kappa shape index (κ3) is 7.70. The van der Waals surface area contributed by atoms with Gasteiger partial charge in [0.15, 0.2) is 0 Å². The maximum atomic E-state index is 12.1. The van der Waals surface area contributed by atoms with Gasteiger partial charge in [-0.25, -0.2) is 9.97 Å². The van der Waals surface area contributed by atoms with Crippen LogP contribution in [0.25, 0.3) is 90.9 Å². The highest BCUT2D eigenvalue weighted by molar-refractivity contribution is 6.00. The van der Waals surface area contributed by atoms with Crippen molar-refractivity contribution >= 4 is 52.3 Å². The van der Waals surface area contributed by atoms with Crippen LogP contribution < -0.4 is 4.74 Å². The van der Waals surface area contributed by atoms with Gasteiger partial charge in [-0.1, -0.05) is 108 Å². The summed E-state index contributed by atoms with van der Waals surface area (Å²) in [6, 6.07) is 42.6. The summed E-state index contributed by atoms with van der Waals surface area (Å²) >= 11 is 0. The number of carbonyl (C=O) groups is 1. The van der Waals surface area contributed by atoms with Crippen molar-refractivity contribution in [2.24, 2.45) is 0 Å². The lowest BCUT2D eigenvalue weighted by Crippen LogP contribution is -2.07. The van der Waals surface area contributed by atoms with Gasteiger partial charge in [-0.05, 0) is 105 Å². The third-order valence-corrected chi connectivity index (χ3v) is 11.0. The van der Waals surface area contributed by atoms with Crippen molar-refractivity contribution in [1.29, 1.82) is 0 Å². The molecule has 2 aliphatic heterocycles. The molecule has 0 saturated carbocycles. The third-order valence-electron chi connectivity index (χ3n) is 11.0. The van der Waals surface area contributed by atoms with Gasteiger partial charge in [0.05, 0.1) is 36.0 Å². The van der Waals surface area contributed by atoms with Gasteiger partial charge in [0.2, 0.25) is 0 Å². The monoisotopic (exact) mass is 786 g/mol. The van der Waals surface area contributed by atoms with Gasteiger partial charge >= 0.3 is 5.97 Å². The fraction of sp³-hybridized carbons (Fsp3) is 0.151. The molecule has 0 amide bonds. The smallest absolute Gasteiger partial charge is 0.305 e. The van der Waals surface area contributed by atoms with Gasteiger partial charge in [0.25, 0.3) is 0 Å². The number of aromatic nitrogens is 4. The first-order valence-electron chi connectivity index (χ1n) is 20.6. The van der Waals surface area contributed by atoms with E-state index in [0.717, 1.165) is 89.4 Å². The van der Waals surface area contributed by atoms with Crippen molar-refractivity contribution in [3.8, 4) is 50.3 Å². The number of aromatic amines is 2. The highest BCUT2D eigenvalue weighted by Gasteiger charge is 2.21. The van der Waals surface area contributed by atoms with E-state index in [-0.39, 0.29) is 12.4 Å². The molecule has 0 unspecified atom stereocenters. The lowest BCUT2D eigenvalue weighted by atomic mass is 10.0. The Morgan fingerprint density at radius 1 is 0.517 bits per heavy atom. The van der Waals surface area contributed by atoms with Gasteiger partial charge < -0.3 is 19.4 Å². The van der Waals surface area contributed by atoms with Crippen molar-refractivity contribution in [3.05, 3.63) is 161 Å². The van der Waals surface area contributed by atoms with E-state index in [1.807, 2.05) is 25.1 Å². The van der Waals surface area contributed by atoms with E-state index >= 15 is 0 Å². The van der Waals surface area contributed by atoms with E-state index < -0.39 is 0 Å². The Morgan fingerprint density at radius 3 is 1.40 bits per heavy atom. The lowest BCUT2D eigenvalue weighted by Gasteiger charge is -2.13. The summed E-state index contributed by atoms with van der Waals surface area (Å²) in [4.78, 5) is 30.7. The normalized spacial score (nSPS) is 11.9. The molecule has 60 heavy (non-hydrogen) atoms. The Bertz CT molecular complexity index is 2820. The van der Waals surface area contributed by atoms with Crippen LogP contribution in [-0.2, 0) is 9.53 Å². The van der Waals surface area contributed by atoms with Crippen molar-refractivity contribution in [2.75, 3.05) is 13.2 Å². The Balaban J connectivity index is 1.37. The molecule has 7 aromatic rings. The summed E-state index contributed by atoms with van der Waals surface area (Å²) in [5.41, 5.74) is 18.6. The molecule has 7 nitrogen and oxygen atoms in total. The van der Waals surface area contributed by atoms with Crippen LogP contribution in [0.3, 0.4) is 0 Å². The highest BCUT2D eigenvalue weighted by atomic mass is 16.5. The summed E-state index contributed by atoms with van der Waals surface area (Å²) in [5, 5.41) is 0. The fourth-order valence-electron chi connectivity index (χ4n) is 7.99. The Morgan fingerprint density at radius 2 is 0.933 bits per heavy atom. The molecule has 0 aliphatic carbocycles. The first-order chi connectivity index (χ1) is 29.3. The number of ether oxygens (including phenoxy) is 2. The van der Waals surface area contributed by atoms with E-state index in [4.69, 9.17) is 19.4 Å². The van der Waals surface area contributed by atoms with Gasteiger partial charge in [-0.15, -0.1) is 0 Å². The minimum atomic E-state index is -0.225. The van der Waals surface area contributed by atoms with Crippen LogP contribution in [0, 0.1) is 20.8 Å². The largest absolute Gasteiger partial charge is 0.493 e. The molecular weight excluding hydrogens is 741 g/mol. The summed E-state index contributed by atoms with van der Waals surface area (Å²) in [5.74, 6) is 0.463. The summed E-state index contributed by atoms with van der Waals surface area (Å²) < 4.78 is 11.6. The maximum absolute atomic E-state index is 12.1. The second-order valence-corrected chi connectivity index (χ2v) is 15.4. The zero-order chi connectivity index (χ0) is 41.2. The highest BCUT2D eigenvalue weighted by Crippen LogP contribution is 2.41. The quantitative estimate of drug-likeness (QED) is 0.106. The maximum Gasteiger partial charge on any atom is 0.305 e. The van der Waals surface area contributed by atoms with Crippen LogP contribution in [0.15, 0.2) is 121 Å². The van der Waals surface area contributed by atoms with Crippen molar-refractivity contribution < 1.29 is 14.3 Å². The van der Waals surface area contributed by atoms with Gasteiger partial charge in [-0.3, -0.25) is 4.79 Å². The molecule has 8 bridgehead atoms. The van der Waals surface area contributed by atoms with Crippen molar-refractivity contribution in [1.82, 2.24) is 19.9 Å². The molecule has 296 valence electrons. The molecule has 3 aromatic heterocycles. The summed E-state index contributed by atoms with van der Waals surface area (Å²) in [7, 11) is 0. The molecule has 7 heteroatoms. The molecule has 4 aromatic carbocycles. The second-order valence-electron chi connectivity index (χ2n) is 15.4. The number of hydrogen-bond acceptors (Lipinski definition) is 5. The Kier molecular flexibility index (Phi) is 10.6. The zero-order valence-corrected chi connectivity index (χ0v) is 34.3. The number of nitrogens with zero attached hydrogens (tertiary/aromatic N) is 2. The number of esters is 1. The van der Waals surface area contributed by atoms with Crippen LogP contribution in [0.4, 0.5) is 0 Å². The predicted molar refractivity (Wildman–Crippen MR) is 246 cm³/mol. The number of benzene rings is 4. The number of rotatable bonds is 10. The molecule has 0 saturated heterocycles. The van der Waals surface area contributed by atoms with Crippen LogP contribution >= 0.6 is 0 Å². The first-order valence-corrected chi connectivity index (χ1v) is 20.6. The Labute approximate surface area is 350 Å². The number of fused-ring (bicyclic) bond motifs is 8. The molecule has 2 aliphatic rings. The van der Waals surface area contributed by atoms with E-state index in [9.17, 15) is 4.79 Å². The Hall–Kier alpha value is -7.25. The van der Waals surface area contributed by atoms with E-state index in [1.165, 1.54) is 16.7 Å². The SMILES string of the molecule is CCOC(=O)CCCOc1ccccc1-c1c2nc(c(-c3ccc(C)cc3)c3ccc([nH]3)c(-c3ccc(C)cc3)c3ccc([nH]3)c(-c3ccc(C)cc3)c3nc1C=C3)C=C2. The summed E-state index contributed by atoms with van der Waals surface area (Å²) in [6.45, 7) is 8.85. The molecular formula is C53H46N4O3. The average molecular weight is 787 g/mol. The first kappa shape index (κ1) is 38.3. The molecule has 0 fully saturated rings. The standard InChI is InChI=1S/C53H46N4O3/c1-5-59-49(58)11-8-32-60-48-10-7-6-9-39(48)53-46-30-28-44(56-46)51(37-20-14-34(3)15-21-37)42-26-24-40(54-42)50(36-18-12-33(2)13-19-36)41-25-27-43(55-41)52(45-29-31-47(53)57-45)38-22-16-35(4)17-23-38/h6-7,9-10,12-31,54-55H,5,8,11,32H2,1-4H3. The zero-order valence-electron chi connectivity index (χ0n) is 34.3. The van der Waals surface area contributed by atoms with Crippen LogP contribution in [0.1, 0.15) is 59.2 Å². The molecule has 0 atom stereocenters. The molecule has 2 N–H and O–H groups in total. The van der Waals surface area contributed by atoms with Gasteiger partial charge in [0, 0.05) is 56.3 Å². The number of H-pyrrole nitrogens is 2. The van der Waals surface area contributed by atoms with Gasteiger partial charge in [0.1, 0.15) is 5.75 Å². The van der Waals surface area contributed by atoms with Crippen LogP contribution in [0.5, 0.6) is 5.75 Å². The number of carbonyl (C=O) groups excluding carboxylic acids is 1. The predicted octanol–water partition coefficient (Wildman–Crippen LogP) is 13.0. The molecule has 0 radical (unpaired) electrons.